The van der Waals surface area contributed by atoms with Crippen LogP contribution in [0.3, 0.4) is 0 Å². The van der Waals surface area contributed by atoms with E-state index in [9.17, 15) is 47.9 Å². The van der Waals surface area contributed by atoms with Gasteiger partial charge in [-0.1, -0.05) is 199 Å². The zero-order valence-electron chi connectivity index (χ0n) is 68.5. The molecule has 0 heterocycles. The van der Waals surface area contributed by atoms with E-state index in [-0.39, 0.29) is 35.8 Å². The van der Waals surface area contributed by atoms with Crippen molar-refractivity contribution in [3.63, 3.8) is 0 Å². The molecule has 22 nitrogen and oxygen atoms in total. The Morgan fingerprint density at radius 1 is 0.298 bits per heavy atom. The summed E-state index contributed by atoms with van der Waals surface area (Å²) >= 11 is 48.3. The summed E-state index contributed by atoms with van der Waals surface area (Å²) < 4.78 is 56.2. The van der Waals surface area contributed by atoms with Crippen LogP contribution in [-0.4, -0.2) is 111 Å². The molecule has 0 atom stereocenters. The summed E-state index contributed by atoms with van der Waals surface area (Å²) in [6.07, 6.45) is 2.89. The molecule has 0 radical (unpaired) electrons. The van der Waals surface area contributed by atoms with Crippen molar-refractivity contribution in [3.05, 3.63) is 264 Å². The monoisotopic (exact) mass is 2040 g/mol. The van der Waals surface area contributed by atoms with Crippen LogP contribution in [0.5, 0.6) is 0 Å². The summed E-state index contributed by atoms with van der Waals surface area (Å²) in [5, 5.41) is 0. The number of carbonyl (C=O) groups excluding carboxylic acids is 10. The van der Waals surface area contributed by atoms with E-state index in [4.69, 9.17) is 28.4 Å². The quantitative estimate of drug-likeness (QED) is 0.00331. The van der Waals surface area contributed by atoms with Gasteiger partial charge in [0, 0.05) is 126 Å². The molecule has 0 unspecified atom stereocenters. The van der Waals surface area contributed by atoms with Crippen molar-refractivity contribution in [2.24, 2.45) is 0 Å². The van der Waals surface area contributed by atoms with Crippen LogP contribution in [0.2, 0.25) is 0 Å². The summed E-state index contributed by atoms with van der Waals surface area (Å²) in [4.78, 5) is 108. The fraction of sp³-hybridized carbons (Fsp3) is 0.262. The maximum atomic E-state index is 10.6. The Morgan fingerprint density at radius 2 is 0.581 bits per heavy atom. The molecule has 0 amide bonds. The minimum atomic E-state index is -0.272. The van der Waals surface area contributed by atoms with Crippen LogP contribution in [0.1, 0.15) is 86.1 Å². The molecule has 0 aromatic heterocycles. The van der Waals surface area contributed by atoms with Gasteiger partial charge < -0.3 is 56.8 Å². The number of thiol groups is 12. The first-order chi connectivity index (χ1) is 59.6. The second-order valence-corrected chi connectivity index (χ2v) is 32.6. The molecular weight excluding hydrogens is 1940 g/mol. The highest BCUT2D eigenvalue weighted by Crippen LogP contribution is 2.28. The molecule has 0 spiro atoms. The van der Waals surface area contributed by atoms with Gasteiger partial charge in [-0.15, -0.1) is 120 Å². The van der Waals surface area contributed by atoms with Crippen LogP contribution in [-0.2, 0) is 158 Å². The van der Waals surface area contributed by atoms with E-state index >= 15 is 0 Å². The van der Waals surface area contributed by atoms with Crippen molar-refractivity contribution < 1.29 is 105 Å². The Kier molecular flexibility index (Phi) is 90.3. The van der Waals surface area contributed by atoms with Gasteiger partial charge in [-0.05, 0) is 95.1 Å². The molecule has 0 bridgehead atoms. The Labute approximate surface area is 816 Å². The third-order valence-electron chi connectivity index (χ3n) is 12.7. The molecule has 40 heteroatoms. The van der Waals surface area contributed by atoms with E-state index in [1.54, 1.807) is 0 Å². The summed E-state index contributed by atoms with van der Waals surface area (Å²) in [6.45, 7) is 21.8. The molecular formula is C84H104O22S18. The number of rotatable bonds is 36. The largest absolute Gasteiger partial charge is 0.497 e. The molecule has 680 valence electrons. The van der Waals surface area contributed by atoms with E-state index in [0.29, 0.717) is 117 Å². The highest BCUT2D eigenvalue weighted by atomic mass is 33.1. The third kappa shape index (κ3) is 80.4. The van der Waals surface area contributed by atoms with Crippen molar-refractivity contribution >= 4 is 272 Å². The Hall–Kier alpha value is -6.16. The number of esters is 6. The molecule has 0 aliphatic rings. The molecule has 0 aliphatic carbocycles. The molecule has 124 heavy (non-hydrogen) atoms. The highest BCUT2D eigenvalue weighted by molar-refractivity contribution is 8.69. The van der Waals surface area contributed by atoms with Crippen molar-refractivity contribution in [2.45, 2.75) is 134 Å². The lowest BCUT2D eigenvalue weighted by Crippen LogP contribution is -2.01. The second-order valence-electron chi connectivity index (χ2n) is 22.1. The fourth-order valence-electron chi connectivity index (χ4n) is 7.10. The van der Waals surface area contributed by atoms with Gasteiger partial charge in [-0.3, -0.25) is 47.9 Å². The van der Waals surface area contributed by atoms with Crippen LogP contribution in [0.4, 0.5) is 0 Å². The lowest BCUT2D eigenvalue weighted by atomic mass is 10.2. The Morgan fingerprint density at radius 3 is 0.911 bits per heavy atom. The number of hydrogen-bond donors (Lipinski definition) is 12. The predicted molar refractivity (Wildman–Crippen MR) is 541 cm³/mol. The average molecular weight is 2040 g/mol. The van der Waals surface area contributed by atoms with E-state index in [2.05, 4.69) is 187 Å². The number of hydrogen-bond acceptors (Lipinski definition) is 40. The standard InChI is InChI=1S/2C9H10O2S2.2C9H10O2S.2C9H10OS2.2C8H8O2S.C4H8O2S2.C4H8O2S.C3H6O2S2.C3H6O2S/c1-7(10)11-6-8-2-4-9(13-12)5-3-8;1-7(10)11-6-8-4-2-3-5-9(8)13-12;1-7(10)11-6-8-2-4-9(12)5-3-8;1-7(10)11-6-8-4-2-3-5-9(8)12;1-2-10-7-8-3-5-9(12-11)6-4-8;1-2-10-7-8-5-3-4-6-9(8)12-11;9-6-10-5-7-1-3-8(11)4-2-7;9-6-10-5-7-3-1-2-4-8(7)11;1-4(5)6-2-3-8-7;1-4(5)6-2-3-7;4-3-5-1-2-7-6;4-3-5-1-2-6/h2*2-5,12H,6H2,1H3;2*2-5,12H,6H2,1H3;2*2-6,11H,1,7H2;2*1-4,6,11H,5H2;7H,2-3H2,1H3;7H,2-3H2,1H3;3,6H,1-2H2;3,6H,1-2H2. The van der Waals surface area contributed by atoms with Gasteiger partial charge >= 0.3 is 35.8 Å². The molecule has 0 saturated heterocycles. The maximum absolute atomic E-state index is 10.6. The van der Waals surface area contributed by atoms with Crippen LogP contribution in [0, 0.1) is 0 Å². The number of carbonyl (C=O) groups is 10. The molecule has 8 aromatic carbocycles. The fourth-order valence-corrected chi connectivity index (χ4v) is 11.9. The van der Waals surface area contributed by atoms with Crippen molar-refractivity contribution in [1.29, 1.82) is 0 Å². The molecule has 0 fully saturated rings. The average Bonchev–Trinajstić information content (AvgIpc) is 0.918. The second kappa shape index (κ2) is 90.2. The minimum Gasteiger partial charge on any atom is -0.497 e. The first-order valence-corrected chi connectivity index (χ1v) is 50.1. The van der Waals surface area contributed by atoms with Crippen LogP contribution < -0.4 is 0 Å². The van der Waals surface area contributed by atoms with Gasteiger partial charge in [-0.2, -0.15) is 25.3 Å². The molecule has 0 saturated carbocycles. The summed E-state index contributed by atoms with van der Waals surface area (Å²) in [5.74, 6) is 1.17. The van der Waals surface area contributed by atoms with Crippen molar-refractivity contribution in [3.8, 4) is 0 Å². The Balaban J connectivity index is -0.000000638. The zero-order chi connectivity index (χ0) is 93.6. The topological polar surface area (TPSA) is 281 Å². The van der Waals surface area contributed by atoms with Crippen LogP contribution in [0.25, 0.3) is 0 Å². The predicted octanol–water partition coefficient (Wildman–Crippen LogP) is 21.7. The first-order valence-electron chi connectivity index (χ1n) is 35.5. The van der Waals surface area contributed by atoms with Crippen molar-refractivity contribution in [2.75, 3.05) is 49.4 Å². The maximum Gasteiger partial charge on any atom is 0.302 e. The summed E-state index contributed by atoms with van der Waals surface area (Å²) in [7, 11) is 8.31. The highest BCUT2D eigenvalue weighted by Gasteiger charge is 2.05. The van der Waals surface area contributed by atoms with E-state index in [1.807, 2.05) is 194 Å². The zero-order valence-corrected chi connectivity index (χ0v) is 84.1. The Bertz CT molecular complexity index is 4130. The SMILES string of the molecule is C=COCc1ccc(SS)cc1.C=COCc1ccccc1SS.CC(=O)OCCS.CC(=O)OCCSS.CC(=O)OCc1ccc(S)cc1.CC(=O)OCc1ccc(SS)cc1.CC(=O)OCc1ccccc1S.CC(=O)OCc1ccccc1SS.O=COCCS.O=COCCSS.O=COCc1ccc(S)cc1.O=COCc1ccccc1S. The van der Waals surface area contributed by atoms with E-state index in [1.165, 1.54) is 119 Å². The number of benzene rings is 8. The van der Waals surface area contributed by atoms with Gasteiger partial charge in [-0.25, -0.2) is 0 Å². The molecule has 0 aliphatic heterocycles. The van der Waals surface area contributed by atoms with Crippen LogP contribution in [0.15, 0.2) is 259 Å². The number of ether oxygens (including phenoxy) is 12. The smallest absolute Gasteiger partial charge is 0.302 e. The van der Waals surface area contributed by atoms with Gasteiger partial charge in [0.1, 0.15) is 72.7 Å². The van der Waals surface area contributed by atoms with Gasteiger partial charge in [0.2, 0.25) is 0 Å². The lowest BCUT2D eigenvalue weighted by molar-refractivity contribution is -0.143. The summed E-state index contributed by atoms with van der Waals surface area (Å²) in [5.41, 5.74) is 8.04. The van der Waals surface area contributed by atoms with Gasteiger partial charge in [0.05, 0.1) is 19.1 Å². The normalized spacial score (nSPS) is 9.18. The van der Waals surface area contributed by atoms with E-state index < -0.39 is 0 Å². The third-order valence-corrected chi connectivity index (χ3v) is 20.9. The minimum absolute atomic E-state index is 0.229. The first kappa shape index (κ1) is 124. The van der Waals surface area contributed by atoms with Crippen LogP contribution >= 0.6 is 211 Å². The van der Waals surface area contributed by atoms with Gasteiger partial charge in [0.15, 0.2) is 0 Å². The lowest BCUT2D eigenvalue weighted by Gasteiger charge is -2.05. The molecule has 8 rings (SSSR count). The van der Waals surface area contributed by atoms with Crippen molar-refractivity contribution in [1.82, 2.24) is 0 Å². The summed E-state index contributed by atoms with van der Waals surface area (Å²) in [6, 6.07) is 61.4. The molecule has 8 aromatic rings. The van der Waals surface area contributed by atoms with E-state index in [0.717, 1.165) is 95.2 Å². The molecule has 0 N–H and O–H groups in total. The van der Waals surface area contributed by atoms with Gasteiger partial charge in [0.25, 0.3) is 25.9 Å².